The highest BCUT2D eigenvalue weighted by atomic mass is 28.3. The highest BCUT2D eigenvalue weighted by Crippen LogP contribution is 2.23. The lowest BCUT2D eigenvalue weighted by Gasteiger charge is -2.27. The van der Waals surface area contributed by atoms with E-state index in [1.165, 1.54) is 32.3 Å². The van der Waals surface area contributed by atoms with Gasteiger partial charge in [-0.1, -0.05) is 132 Å². The molecule has 0 aliphatic rings. The fraction of sp³-hybridized carbons (Fsp3) is 0.111. The van der Waals surface area contributed by atoms with Crippen molar-refractivity contribution >= 4 is 34.6 Å². The SMILES string of the molecule is CC(c1c([Si])cccc1Cc1ccccc1)[Si](c1ccccc1)c1ccccc1. The van der Waals surface area contributed by atoms with Gasteiger partial charge in [0.2, 0.25) is 0 Å². The second-order valence-electron chi connectivity index (χ2n) is 7.41. The Labute approximate surface area is 179 Å². The molecule has 0 fully saturated rings. The molecule has 29 heavy (non-hydrogen) atoms. The zero-order chi connectivity index (χ0) is 20.1. The van der Waals surface area contributed by atoms with E-state index in [1.807, 2.05) is 0 Å². The average molecular weight is 405 g/mol. The summed E-state index contributed by atoms with van der Waals surface area (Å²) in [5, 5.41) is 4.12. The number of rotatable bonds is 6. The lowest BCUT2D eigenvalue weighted by Crippen LogP contribution is -2.47. The van der Waals surface area contributed by atoms with Crippen molar-refractivity contribution in [2.45, 2.75) is 18.9 Å². The first kappa shape index (κ1) is 19.6. The van der Waals surface area contributed by atoms with Crippen molar-refractivity contribution in [3.05, 3.63) is 126 Å². The number of hydrogen-bond donors (Lipinski definition) is 0. The molecule has 0 bridgehead atoms. The summed E-state index contributed by atoms with van der Waals surface area (Å²) in [6.45, 7) is 2.40. The second kappa shape index (κ2) is 9.21. The Morgan fingerprint density at radius 2 is 1.17 bits per heavy atom. The van der Waals surface area contributed by atoms with Crippen molar-refractivity contribution in [1.29, 1.82) is 0 Å². The van der Waals surface area contributed by atoms with Crippen molar-refractivity contribution in [2.24, 2.45) is 0 Å². The van der Waals surface area contributed by atoms with Crippen LogP contribution in [-0.4, -0.2) is 19.0 Å². The molecule has 0 amide bonds. The fourth-order valence-corrected chi connectivity index (χ4v) is 7.82. The molecule has 0 heterocycles. The number of hydrogen-bond acceptors (Lipinski definition) is 0. The Morgan fingerprint density at radius 3 is 1.72 bits per heavy atom. The smallest absolute Gasteiger partial charge is 0.0639 e. The average Bonchev–Trinajstić information content (AvgIpc) is 2.76. The summed E-state index contributed by atoms with van der Waals surface area (Å²) in [5.41, 5.74) is 4.63. The van der Waals surface area contributed by atoms with Crippen LogP contribution >= 0.6 is 0 Å². The first-order chi connectivity index (χ1) is 14.2. The van der Waals surface area contributed by atoms with Gasteiger partial charge in [0.25, 0.3) is 0 Å². The molecule has 4 aromatic carbocycles. The van der Waals surface area contributed by atoms with E-state index in [9.17, 15) is 0 Å². The summed E-state index contributed by atoms with van der Waals surface area (Å²) in [4.78, 5) is 0. The third kappa shape index (κ3) is 4.50. The zero-order valence-corrected chi connectivity index (χ0v) is 18.7. The molecule has 0 nitrogen and oxygen atoms in total. The molecule has 0 saturated heterocycles. The summed E-state index contributed by atoms with van der Waals surface area (Å²) in [7, 11) is 2.95. The van der Waals surface area contributed by atoms with Crippen LogP contribution in [-0.2, 0) is 6.42 Å². The quantitative estimate of drug-likeness (QED) is 0.426. The minimum absolute atomic E-state index is 0.428. The molecule has 0 aliphatic carbocycles. The first-order valence-corrected chi connectivity index (χ1v) is 12.2. The van der Waals surface area contributed by atoms with E-state index in [4.69, 9.17) is 0 Å². The molecule has 0 aliphatic heterocycles. The Hall–Kier alpha value is -2.69. The van der Waals surface area contributed by atoms with E-state index in [0.29, 0.717) is 5.54 Å². The van der Waals surface area contributed by atoms with Crippen molar-refractivity contribution < 1.29 is 0 Å². The van der Waals surface area contributed by atoms with E-state index in [-0.39, 0.29) is 0 Å². The van der Waals surface area contributed by atoms with E-state index in [2.05, 4.69) is 126 Å². The van der Waals surface area contributed by atoms with Crippen LogP contribution in [0.25, 0.3) is 0 Å². The van der Waals surface area contributed by atoms with Crippen LogP contribution in [0.1, 0.15) is 29.2 Å². The summed E-state index contributed by atoms with van der Waals surface area (Å²) < 4.78 is 0. The van der Waals surface area contributed by atoms with Crippen molar-refractivity contribution in [3.63, 3.8) is 0 Å². The molecule has 4 aromatic rings. The monoisotopic (exact) mass is 404 g/mol. The van der Waals surface area contributed by atoms with Gasteiger partial charge in [0, 0.05) is 0 Å². The van der Waals surface area contributed by atoms with Gasteiger partial charge in [-0.25, -0.2) is 0 Å². The van der Waals surface area contributed by atoms with E-state index in [1.54, 1.807) is 0 Å². The minimum atomic E-state index is -0.996. The Balaban J connectivity index is 1.80. The lowest BCUT2D eigenvalue weighted by atomic mass is 9.98. The maximum absolute atomic E-state index is 3.95. The summed E-state index contributed by atoms with van der Waals surface area (Å²) in [5.74, 6) is 0. The highest BCUT2D eigenvalue weighted by molar-refractivity contribution is 6.86. The van der Waals surface area contributed by atoms with E-state index in [0.717, 1.165) is 6.42 Å². The van der Waals surface area contributed by atoms with Crippen LogP contribution in [0.3, 0.4) is 0 Å². The van der Waals surface area contributed by atoms with Crippen LogP contribution in [0.15, 0.2) is 109 Å². The molecule has 1 atom stereocenters. The molecule has 4 radical (unpaired) electrons. The molecule has 0 aromatic heterocycles. The third-order valence-corrected chi connectivity index (χ3v) is 8.97. The maximum atomic E-state index is 3.95. The van der Waals surface area contributed by atoms with Gasteiger partial charge in [-0.2, -0.15) is 0 Å². The van der Waals surface area contributed by atoms with Crippen molar-refractivity contribution in [3.8, 4) is 0 Å². The summed E-state index contributed by atoms with van der Waals surface area (Å²) in [6, 6.07) is 39.5. The normalized spacial score (nSPS) is 12.1. The van der Waals surface area contributed by atoms with Gasteiger partial charge in [0.15, 0.2) is 0 Å². The van der Waals surface area contributed by atoms with E-state index < -0.39 is 8.80 Å². The topological polar surface area (TPSA) is 0 Å². The third-order valence-electron chi connectivity index (χ3n) is 5.47. The minimum Gasteiger partial charge on any atom is -0.0639 e. The van der Waals surface area contributed by atoms with Crippen LogP contribution in [0.5, 0.6) is 0 Å². The fourth-order valence-electron chi connectivity index (χ4n) is 4.14. The molecular weight excluding hydrogens is 380 g/mol. The lowest BCUT2D eigenvalue weighted by molar-refractivity contribution is 1.02. The Morgan fingerprint density at radius 1 is 0.655 bits per heavy atom. The largest absolute Gasteiger partial charge is 0.128 e. The van der Waals surface area contributed by atoms with Gasteiger partial charge in [-0.15, -0.1) is 0 Å². The molecule has 140 valence electrons. The van der Waals surface area contributed by atoms with Gasteiger partial charge >= 0.3 is 0 Å². The number of benzene rings is 4. The predicted molar refractivity (Wildman–Crippen MR) is 127 cm³/mol. The molecule has 0 spiro atoms. The molecule has 0 N–H and O–H groups in total. The first-order valence-electron chi connectivity index (χ1n) is 10.1. The van der Waals surface area contributed by atoms with Gasteiger partial charge < -0.3 is 0 Å². The molecule has 0 saturated carbocycles. The molecule has 2 heteroatoms. The second-order valence-corrected chi connectivity index (χ2v) is 10.8. The Bertz CT molecular complexity index is 1000. The van der Waals surface area contributed by atoms with Crippen LogP contribution in [0.2, 0.25) is 0 Å². The van der Waals surface area contributed by atoms with Gasteiger partial charge in [0.05, 0.1) is 10.2 Å². The Kier molecular flexibility index (Phi) is 6.23. The van der Waals surface area contributed by atoms with E-state index >= 15 is 0 Å². The van der Waals surface area contributed by atoms with Crippen LogP contribution in [0.4, 0.5) is 0 Å². The van der Waals surface area contributed by atoms with Gasteiger partial charge in [-0.05, 0) is 28.7 Å². The molecular formula is C27H24Si2. The molecule has 4 rings (SSSR count). The van der Waals surface area contributed by atoms with Crippen molar-refractivity contribution in [1.82, 2.24) is 0 Å². The molecule has 1 unspecified atom stereocenters. The highest BCUT2D eigenvalue weighted by Gasteiger charge is 2.27. The van der Waals surface area contributed by atoms with Crippen LogP contribution in [0, 0.1) is 0 Å². The van der Waals surface area contributed by atoms with Crippen LogP contribution < -0.4 is 15.6 Å². The summed E-state index contributed by atoms with van der Waals surface area (Å²) >= 11 is 0. The predicted octanol–water partition coefficient (Wildman–Crippen LogP) is 4.02. The zero-order valence-electron chi connectivity index (χ0n) is 16.7. The standard InChI is InChI=1S/C27H24Si2/c1-21(29(24-15-7-3-8-16-24)25-17-9-4-10-18-25)27-23(14-11-19-26(27)28)20-22-12-5-2-6-13-22/h2-19,21H,20H2,1H3. The van der Waals surface area contributed by atoms with Crippen molar-refractivity contribution in [2.75, 3.05) is 0 Å². The maximum Gasteiger partial charge on any atom is 0.128 e. The van der Waals surface area contributed by atoms with Gasteiger partial charge in [0.1, 0.15) is 8.80 Å². The van der Waals surface area contributed by atoms with Gasteiger partial charge in [-0.3, -0.25) is 0 Å². The summed E-state index contributed by atoms with van der Waals surface area (Å²) in [6.07, 6.45) is 0.956.